The van der Waals surface area contributed by atoms with Gasteiger partial charge in [-0.2, -0.15) is 0 Å². The Morgan fingerprint density at radius 3 is 2.45 bits per heavy atom. The second kappa shape index (κ2) is 7.04. The van der Waals surface area contributed by atoms with Gasteiger partial charge in [0.05, 0.1) is 0 Å². The van der Waals surface area contributed by atoms with Crippen molar-refractivity contribution in [3.63, 3.8) is 0 Å². The number of rotatable bonds is 3. The van der Waals surface area contributed by atoms with E-state index >= 15 is 0 Å². The Morgan fingerprint density at radius 2 is 1.82 bits per heavy atom. The molecular formula is C17H18N2O2S. The molecule has 0 aromatic heterocycles. The number of hydrogen-bond acceptors (Lipinski definition) is 3. The van der Waals surface area contributed by atoms with E-state index in [1.54, 1.807) is 43.3 Å². The molecule has 22 heavy (non-hydrogen) atoms. The Morgan fingerprint density at radius 1 is 1.14 bits per heavy atom. The summed E-state index contributed by atoms with van der Waals surface area (Å²) < 4.78 is 5.51. The minimum atomic E-state index is -0.190. The van der Waals surface area contributed by atoms with Gasteiger partial charge in [-0.05, 0) is 49.5 Å². The molecule has 2 rings (SSSR count). The summed E-state index contributed by atoms with van der Waals surface area (Å²) >= 11 is 5.09. The van der Waals surface area contributed by atoms with Gasteiger partial charge in [0.2, 0.25) is 0 Å². The van der Waals surface area contributed by atoms with Gasteiger partial charge in [0.25, 0.3) is 11.1 Å². The summed E-state index contributed by atoms with van der Waals surface area (Å²) in [7, 11) is 3.60. The highest BCUT2D eigenvalue weighted by Crippen LogP contribution is 2.16. The van der Waals surface area contributed by atoms with E-state index in [9.17, 15) is 4.79 Å². The van der Waals surface area contributed by atoms with Crippen LogP contribution in [0, 0.1) is 6.92 Å². The molecule has 0 heterocycles. The second-order valence-electron chi connectivity index (χ2n) is 5.11. The van der Waals surface area contributed by atoms with Crippen molar-refractivity contribution < 1.29 is 9.53 Å². The zero-order valence-corrected chi connectivity index (χ0v) is 13.6. The van der Waals surface area contributed by atoms with Gasteiger partial charge < -0.3 is 15.0 Å². The van der Waals surface area contributed by atoms with Gasteiger partial charge in [-0.15, -0.1) is 0 Å². The van der Waals surface area contributed by atoms with Gasteiger partial charge in [-0.3, -0.25) is 4.79 Å². The first-order valence-electron chi connectivity index (χ1n) is 6.83. The van der Waals surface area contributed by atoms with Crippen LogP contribution in [0.4, 0.5) is 5.69 Å². The maximum absolute atomic E-state index is 12.3. The molecule has 0 atom stereocenters. The summed E-state index contributed by atoms with van der Waals surface area (Å²) in [6.45, 7) is 2.00. The molecule has 2 aromatic rings. The Kier molecular flexibility index (Phi) is 5.12. The molecule has 0 aliphatic rings. The first kappa shape index (κ1) is 16.0. The van der Waals surface area contributed by atoms with Gasteiger partial charge in [0.15, 0.2) is 0 Å². The molecule has 0 spiro atoms. The molecule has 4 nitrogen and oxygen atoms in total. The number of thiocarbonyl (C=S) groups is 1. The van der Waals surface area contributed by atoms with Crippen LogP contribution in [-0.2, 0) is 0 Å². The van der Waals surface area contributed by atoms with E-state index in [0.717, 1.165) is 11.3 Å². The number of carbonyl (C=O) groups is 1. The van der Waals surface area contributed by atoms with Crippen molar-refractivity contribution in [3.05, 3.63) is 59.7 Å². The molecule has 5 heteroatoms. The lowest BCUT2D eigenvalue weighted by molar-refractivity contribution is 0.102. The van der Waals surface area contributed by atoms with Gasteiger partial charge >= 0.3 is 0 Å². The first-order valence-corrected chi connectivity index (χ1v) is 7.24. The summed E-state index contributed by atoms with van der Waals surface area (Å²) in [6, 6.07) is 14.6. The summed E-state index contributed by atoms with van der Waals surface area (Å²) in [4.78, 5) is 13.9. The lowest BCUT2D eigenvalue weighted by atomic mass is 10.2. The quantitative estimate of drug-likeness (QED) is 0.881. The third-order valence-corrected chi connectivity index (χ3v) is 3.42. The molecule has 1 N–H and O–H groups in total. The van der Waals surface area contributed by atoms with Crippen LogP contribution < -0.4 is 10.1 Å². The van der Waals surface area contributed by atoms with Crippen LogP contribution in [0.15, 0.2) is 48.5 Å². The molecule has 0 aliphatic heterocycles. The second-order valence-corrected chi connectivity index (χ2v) is 5.46. The minimum Gasteiger partial charge on any atom is -0.432 e. The molecule has 0 saturated carbocycles. The van der Waals surface area contributed by atoms with Crippen LogP contribution in [0.2, 0.25) is 0 Å². The molecule has 0 aliphatic carbocycles. The highest BCUT2D eigenvalue weighted by molar-refractivity contribution is 7.80. The standard InChI is InChI=1S/C17H18N2O2S/c1-12-7-9-14(10-8-12)18-16(20)13-5-4-6-15(11-13)21-17(22)19(2)3/h4-11H,1-3H3,(H,18,20). The molecule has 0 fully saturated rings. The number of amides is 1. The number of benzene rings is 2. The molecule has 1 amide bonds. The van der Waals surface area contributed by atoms with Crippen molar-refractivity contribution in [1.29, 1.82) is 0 Å². The van der Waals surface area contributed by atoms with E-state index in [-0.39, 0.29) is 5.91 Å². The van der Waals surface area contributed by atoms with Crippen molar-refractivity contribution in [2.45, 2.75) is 6.92 Å². The smallest absolute Gasteiger partial charge is 0.264 e. The molecule has 0 unspecified atom stereocenters. The van der Waals surface area contributed by atoms with Crippen LogP contribution in [0.3, 0.4) is 0 Å². The van der Waals surface area contributed by atoms with Crippen molar-refractivity contribution in [2.24, 2.45) is 0 Å². The number of nitrogens with zero attached hydrogens (tertiary/aromatic N) is 1. The normalized spacial score (nSPS) is 9.95. The topological polar surface area (TPSA) is 41.6 Å². The van der Waals surface area contributed by atoms with Gasteiger partial charge in [-0.25, -0.2) is 0 Å². The van der Waals surface area contributed by atoms with Gasteiger partial charge in [0, 0.05) is 25.3 Å². The first-order chi connectivity index (χ1) is 10.5. The third kappa shape index (κ3) is 4.30. The molecular weight excluding hydrogens is 296 g/mol. The average Bonchev–Trinajstić information content (AvgIpc) is 2.49. The van der Waals surface area contributed by atoms with Crippen LogP contribution >= 0.6 is 12.2 Å². The highest BCUT2D eigenvalue weighted by atomic mass is 32.1. The Labute approximate surface area is 135 Å². The van der Waals surface area contributed by atoms with E-state index in [1.807, 2.05) is 31.2 Å². The van der Waals surface area contributed by atoms with Gasteiger partial charge in [0.1, 0.15) is 5.75 Å². The fourth-order valence-corrected chi connectivity index (χ4v) is 1.83. The van der Waals surface area contributed by atoms with E-state index in [0.29, 0.717) is 16.5 Å². The van der Waals surface area contributed by atoms with Crippen molar-refractivity contribution in [1.82, 2.24) is 4.90 Å². The van der Waals surface area contributed by atoms with E-state index in [4.69, 9.17) is 17.0 Å². The zero-order chi connectivity index (χ0) is 16.1. The number of nitrogens with one attached hydrogen (secondary N) is 1. The largest absolute Gasteiger partial charge is 0.432 e. The fraction of sp³-hybridized carbons (Fsp3) is 0.176. The number of hydrogen-bond donors (Lipinski definition) is 1. The number of carbonyl (C=O) groups excluding carboxylic acids is 1. The minimum absolute atomic E-state index is 0.190. The van der Waals surface area contributed by atoms with Crippen molar-refractivity contribution in [2.75, 3.05) is 19.4 Å². The number of ether oxygens (including phenoxy) is 1. The Balaban J connectivity index is 2.09. The van der Waals surface area contributed by atoms with Crippen molar-refractivity contribution >= 4 is 29.0 Å². The lowest BCUT2D eigenvalue weighted by Crippen LogP contribution is -2.25. The van der Waals surface area contributed by atoms with Crippen LogP contribution in [0.25, 0.3) is 0 Å². The summed E-state index contributed by atoms with van der Waals surface area (Å²) in [5.41, 5.74) is 2.41. The lowest BCUT2D eigenvalue weighted by Gasteiger charge is -2.14. The molecule has 0 radical (unpaired) electrons. The Hall–Kier alpha value is -2.40. The summed E-state index contributed by atoms with van der Waals surface area (Å²) in [5.74, 6) is 0.348. The maximum atomic E-state index is 12.3. The van der Waals surface area contributed by atoms with E-state index in [1.165, 1.54) is 0 Å². The summed E-state index contributed by atoms with van der Waals surface area (Å²) in [5, 5.41) is 3.19. The average molecular weight is 314 g/mol. The predicted octanol–water partition coefficient (Wildman–Crippen LogP) is 3.47. The third-order valence-electron chi connectivity index (χ3n) is 2.98. The number of aryl methyl sites for hydroxylation is 1. The maximum Gasteiger partial charge on any atom is 0.264 e. The number of anilines is 1. The molecule has 0 bridgehead atoms. The van der Waals surface area contributed by atoms with E-state index in [2.05, 4.69) is 5.32 Å². The van der Waals surface area contributed by atoms with Crippen LogP contribution in [0.5, 0.6) is 5.75 Å². The fourth-order valence-electron chi connectivity index (χ4n) is 1.73. The SMILES string of the molecule is Cc1ccc(NC(=O)c2cccc(OC(=S)N(C)C)c2)cc1. The Bertz CT molecular complexity index is 681. The highest BCUT2D eigenvalue weighted by Gasteiger charge is 2.09. The molecule has 114 valence electrons. The van der Waals surface area contributed by atoms with Crippen LogP contribution in [0.1, 0.15) is 15.9 Å². The van der Waals surface area contributed by atoms with Crippen molar-refractivity contribution in [3.8, 4) is 5.75 Å². The summed E-state index contributed by atoms with van der Waals surface area (Å²) in [6.07, 6.45) is 0. The molecule has 2 aromatic carbocycles. The van der Waals surface area contributed by atoms with Crippen LogP contribution in [-0.4, -0.2) is 30.1 Å². The monoisotopic (exact) mass is 314 g/mol. The molecule has 0 saturated heterocycles. The predicted molar refractivity (Wildman–Crippen MR) is 92.5 cm³/mol. The zero-order valence-electron chi connectivity index (χ0n) is 12.8. The van der Waals surface area contributed by atoms with Gasteiger partial charge in [-0.1, -0.05) is 23.8 Å². The van der Waals surface area contributed by atoms with E-state index < -0.39 is 0 Å².